The number of anilines is 1. The van der Waals surface area contributed by atoms with Gasteiger partial charge in [-0.15, -0.1) is 0 Å². The summed E-state index contributed by atoms with van der Waals surface area (Å²) < 4.78 is 2.16. The summed E-state index contributed by atoms with van der Waals surface area (Å²) in [5.41, 5.74) is 1.22. The largest absolute Gasteiger partial charge is 0.357 e. The number of carbonyl (C=O) groups is 1. The summed E-state index contributed by atoms with van der Waals surface area (Å²) in [6, 6.07) is 2.08. The molecule has 2 saturated heterocycles. The van der Waals surface area contributed by atoms with E-state index in [1.54, 1.807) is 23.4 Å². The van der Waals surface area contributed by atoms with Crippen molar-refractivity contribution >= 4 is 46.1 Å². The van der Waals surface area contributed by atoms with E-state index in [1.165, 1.54) is 31.0 Å². The number of hydrogen-bond acceptors (Lipinski definition) is 6. The van der Waals surface area contributed by atoms with Crippen LogP contribution >= 0.6 is 24.0 Å². The Labute approximate surface area is 213 Å². The van der Waals surface area contributed by atoms with Crippen LogP contribution in [0.15, 0.2) is 9.70 Å². The topological polar surface area (TPSA) is 69.3 Å². The van der Waals surface area contributed by atoms with E-state index in [0.717, 1.165) is 43.7 Å². The first-order valence-electron chi connectivity index (χ1n) is 12.3. The number of rotatable bonds is 8. The van der Waals surface area contributed by atoms with Gasteiger partial charge in [0.05, 0.1) is 4.91 Å². The lowest BCUT2D eigenvalue weighted by Gasteiger charge is -2.38. The van der Waals surface area contributed by atoms with E-state index in [1.807, 2.05) is 6.08 Å². The van der Waals surface area contributed by atoms with Crippen molar-refractivity contribution < 1.29 is 4.79 Å². The van der Waals surface area contributed by atoms with Crippen LogP contribution in [0.2, 0.25) is 0 Å². The summed E-state index contributed by atoms with van der Waals surface area (Å²) >= 11 is 6.85. The summed E-state index contributed by atoms with van der Waals surface area (Å²) in [4.78, 5) is 30.7. The van der Waals surface area contributed by atoms with Crippen molar-refractivity contribution in [2.24, 2.45) is 18.9 Å². The van der Waals surface area contributed by atoms with Crippen LogP contribution in [0.1, 0.15) is 76.0 Å². The van der Waals surface area contributed by atoms with E-state index in [0.29, 0.717) is 33.2 Å². The van der Waals surface area contributed by atoms with Gasteiger partial charge >= 0.3 is 0 Å². The minimum absolute atomic E-state index is 0.0800. The number of thioether (sulfide) groups is 1. The molecular weight excluding hydrogens is 464 g/mol. The number of aromatic nitrogens is 1. The molecule has 0 aromatic carbocycles. The van der Waals surface area contributed by atoms with Crippen molar-refractivity contribution in [2.75, 3.05) is 24.5 Å². The van der Waals surface area contributed by atoms with Gasteiger partial charge in [0, 0.05) is 32.2 Å². The van der Waals surface area contributed by atoms with Gasteiger partial charge < -0.3 is 4.90 Å². The van der Waals surface area contributed by atoms with E-state index in [4.69, 9.17) is 12.2 Å². The van der Waals surface area contributed by atoms with Crippen molar-refractivity contribution in [3.05, 3.63) is 31.9 Å². The van der Waals surface area contributed by atoms with E-state index in [-0.39, 0.29) is 17.0 Å². The average Bonchev–Trinajstić information content (AvgIpc) is 3.04. The molecule has 0 N–H and O–H groups in total. The third kappa shape index (κ3) is 5.58. The first-order valence-corrected chi connectivity index (χ1v) is 13.6. The zero-order chi connectivity index (χ0) is 25.0. The van der Waals surface area contributed by atoms with Gasteiger partial charge in [0.1, 0.15) is 21.8 Å². The molecule has 1 aromatic heterocycles. The number of amides is 1. The van der Waals surface area contributed by atoms with E-state index in [2.05, 4.69) is 31.7 Å². The molecule has 2 aliphatic rings. The molecule has 0 radical (unpaired) electrons. The van der Waals surface area contributed by atoms with Crippen LogP contribution in [0, 0.1) is 30.1 Å². The maximum atomic E-state index is 13.3. The molecule has 0 bridgehead atoms. The van der Waals surface area contributed by atoms with Crippen LogP contribution in [-0.2, 0) is 11.8 Å². The molecule has 8 heteroatoms. The minimum atomic E-state index is -0.294. The molecule has 6 nitrogen and oxygen atoms in total. The number of hydrogen-bond donors (Lipinski definition) is 0. The fourth-order valence-electron chi connectivity index (χ4n) is 5.13. The zero-order valence-corrected chi connectivity index (χ0v) is 22.7. The van der Waals surface area contributed by atoms with E-state index < -0.39 is 0 Å². The molecule has 0 saturated carbocycles. The molecule has 3 heterocycles. The summed E-state index contributed by atoms with van der Waals surface area (Å²) in [6.07, 6.45) is 8.59. The van der Waals surface area contributed by atoms with Gasteiger partial charge in [0.25, 0.3) is 11.5 Å². The molecule has 2 fully saturated rings. The summed E-state index contributed by atoms with van der Waals surface area (Å²) in [5, 5.41) is 9.69. The van der Waals surface area contributed by atoms with Crippen molar-refractivity contribution in [1.29, 1.82) is 5.26 Å². The van der Waals surface area contributed by atoms with Gasteiger partial charge in [-0.3, -0.25) is 19.1 Å². The van der Waals surface area contributed by atoms with Gasteiger partial charge in [-0.05, 0) is 43.2 Å². The van der Waals surface area contributed by atoms with Crippen LogP contribution in [0.3, 0.4) is 0 Å². The van der Waals surface area contributed by atoms with Gasteiger partial charge in [0.2, 0.25) is 0 Å². The lowest BCUT2D eigenvalue weighted by atomic mass is 9.91. The molecule has 1 aromatic rings. The number of nitriles is 1. The Balaban J connectivity index is 1.99. The molecule has 1 amide bonds. The Hall–Kier alpha value is -2.11. The highest BCUT2D eigenvalue weighted by molar-refractivity contribution is 8.26. The predicted octanol–water partition coefficient (Wildman–Crippen LogP) is 5.22. The fraction of sp³-hybridized carbons (Fsp3) is 0.615. The Morgan fingerprint density at radius 3 is 2.41 bits per heavy atom. The molecule has 3 rings (SSSR count). The molecule has 2 aliphatic heterocycles. The lowest BCUT2D eigenvalue weighted by Crippen LogP contribution is -2.42. The number of thiocarbonyl (C=S) groups is 1. The second-order valence-electron chi connectivity index (χ2n) is 9.81. The molecule has 2 unspecified atom stereocenters. The first kappa shape index (κ1) is 26.5. The second-order valence-corrected chi connectivity index (χ2v) is 11.5. The Morgan fingerprint density at radius 2 is 1.79 bits per heavy atom. The number of carbonyl (C=O) groups excluding carboxylic acids is 1. The Morgan fingerprint density at radius 1 is 1.15 bits per heavy atom. The summed E-state index contributed by atoms with van der Waals surface area (Å²) in [7, 11) is 1.72. The van der Waals surface area contributed by atoms with Crippen LogP contribution in [-0.4, -0.2) is 39.3 Å². The molecule has 184 valence electrons. The number of unbranched alkanes of at least 4 members (excludes halogenated alkanes) is 4. The molecule has 0 spiro atoms. The van der Waals surface area contributed by atoms with Crippen LogP contribution < -0.4 is 10.5 Å². The van der Waals surface area contributed by atoms with E-state index >= 15 is 0 Å². The molecular formula is C26H36N4O2S2. The molecule has 2 atom stereocenters. The van der Waals surface area contributed by atoms with Gasteiger partial charge in [-0.2, -0.15) is 5.26 Å². The maximum absolute atomic E-state index is 13.3. The third-order valence-electron chi connectivity index (χ3n) is 6.77. The first-order chi connectivity index (χ1) is 16.2. The maximum Gasteiger partial charge on any atom is 0.270 e. The smallest absolute Gasteiger partial charge is 0.270 e. The third-order valence-corrected chi connectivity index (χ3v) is 8.15. The lowest BCUT2D eigenvalue weighted by molar-refractivity contribution is -0.122. The number of pyridine rings is 1. The van der Waals surface area contributed by atoms with Gasteiger partial charge in [-0.25, -0.2) is 0 Å². The Kier molecular flexibility index (Phi) is 9.00. The summed E-state index contributed by atoms with van der Waals surface area (Å²) in [5.74, 6) is 1.69. The number of piperidine rings is 1. The van der Waals surface area contributed by atoms with Crippen molar-refractivity contribution in [1.82, 2.24) is 9.47 Å². The fourth-order valence-corrected chi connectivity index (χ4v) is 6.42. The highest BCUT2D eigenvalue weighted by Gasteiger charge is 2.33. The highest BCUT2D eigenvalue weighted by Crippen LogP contribution is 2.37. The van der Waals surface area contributed by atoms with Crippen LogP contribution in [0.4, 0.5) is 5.82 Å². The predicted molar refractivity (Wildman–Crippen MR) is 145 cm³/mol. The molecule has 34 heavy (non-hydrogen) atoms. The normalized spacial score (nSPS) is 22.1. The average molecular weight is 501 g/mol. The number of nitrogens with zero attached hydrogens (tertiary/aromatic N) is 4. The molecule has 0 aliphatic carbocycles. The van der Waals surface area contributed by atoms with E-state index in [9.17, 15) is 14.9 Å². The van der Waals surface area contributed by atoms with Crippen molar-refractivity contribution in [2.45, 2.75) is 66.2 Å². The van der Waals surface area contributed by atoms with Gasteiger partial charge in [0.15, 0.2) is 0 Å². The standard InChI is InChI=1S/C26H36N4O2S2/c1-6-7-8-9-10-11-30-25(32)22(34-26(30)33)13-20-19(4)21(14-27)24(31)28(5)23(20)29-15-17(2)12-18(3)16-29/h13,17-18H,6-12,15-16H2,1-5H3/b22-13+. The second kappa shape index (κ2) is 11.5. The minimum Gasteiger partial charge on any atom is -0.357 e. The zero-order valence-electron chi connectivity index (χ0n) is 21.0. The summed E-state index contributed by atoms with van der Waals surface area (Å²) in [6.45, 7) is 10.7. The monoisotopic (exact) mass is 500 g/mol. The SMILES string of the molecule is CCCCCCCN1C(=O)/C(=C\c2c(C)c(C#N)c(=O)n(C)c2N2CC(C)CC(C)C2)SC1=S. The van der Waals surface area contributed by atoms with Gasteiger partial charge in [-0.1, -0.05) is 70.4 Å². The quantitative estimate of drug-likeness (QED) is 0.277. The van der Waals surface area contributed by atoms with Crippen LogP contribution in [0.25, 0.3) is 6.08 Å². The van der Waals surface area contributed by atoms with Crippen molar-refractivity contribution in [3.8, 4) is 6.07 Å². The highest BCUT2D eigenvalue weighted by atomic mass is 32.2. The van der Waals surface area contributed by atoms with Crippen molar-refractivity contribution in [3.63, 3.8) is 0 Å². The van der Waals surface area contributed by atoms with Crippen LogP contribution in [0.5, 0.6) is 0 Å². The Bertz CT molecular complexity index is 1080.